The Balaban J connectivity index is 1.50. The number of carbonyl (C=O) groups is 2. The fraction of sp³-hybridized carbons (Fsp3) is 0.182. The molecule has 30 heavy (non-hydrogen) atoms. The zero-order valence-corrected chi connectivity index (χ0v) is 15.9. The maximum Gasteiger partial charge on any atom is 0.407 e. The van der Waals surface area contributed by atoms with Gasteiger partial charge in [-0.3, -0.25) is 0 Å². The van der Waals surface area contributed by atoms with E-state index in [9.17, 15) is 19.8 Å². The zero-order chi connectivity index (χ0) is 21.5. The molecule has 2 aromatic carbocycles. The first-order valence-corrected chi connectivity index (χ1v) is 9.18. The van der Waals surface area contributed by atoms with E-state index in [-0.39, 0.29) is 18.9 Å². The van der Waals surface area contributed by atoms with Crippen LogP contribution in [0.1, 0.15) is 27.8 Å². The fourth-order valence-electron chi connectivity index (χ4n) is 2.75. The molecule has 1 amide bonds. The number of nitrogens with one attached hydrogen (secondary N) is 1. The largest absolute Gasteiger partial charge is 0.475 e. The van der Waals surface area contributed by atoms with Crippen LogP contribution in [-0.2, 0) is 11.3 Å². The van der Waals surface area contributed by atoms with Crippen LogP contribution in [0.3, 0.4) is 0 Å². The highest BCUT2D eigenvalue weighted by Crippen LogP contribution is 2.25. The van der Waals surface area contributed by atoms with E-state index in [1.807, 2.05) is 30.3 Å². The molecule has 0 spiro atoms. The van der Waals surface area contributed by atoms with Gasteiger partial charge in [0.25, 0.3) is 0 Å². The Morgan fingerprint density at radius 3 is 2.30 bits per heavy atom. The van der Waals surface area contributed by atoms with E-state index in [1.54, 1.807) is 24.3 Å². The standard InChI is InChI=1S/C22H21NO7/c24-17(12-23-22(28)29-13-14-4-2-1-3-5-14)20(25)16-8-6-15(7-9-16)18-10-11-19(30-18)21(26)27/h1-11,17,20,24-25H,12-13H2,(H,23,28)(H,26,27). The van der Waals surface area contributed by atoms with E-state index in [0.29, 0.717) is 16.9 Å². The second-order valence-electron chi connectivity index (χ2n) is 6.55. The number of hydrogen-bond donors (Lipinski definition) is 4. The van der Waals surface area contributed by atoms with Crippen molar-refractivity contribution in [3.63, 3.8) is 0 Å². The van der Waals surface area contributed by atoms with Crippen molar-refractivity contribution in [2.24, 2.45) is 0 Å². The van der Waals surface area contributed by atoms with Crippen molar-refractivity contribution in [1.82, 2.24) is 5.32 Å². The van der Waals surface area contributed by atoms with Crippen LogP contribution in [-0.4, -0.2) is 40.0 Å². The van der Waals surface area contributed by atoms with Crippen LogP contribution in [0.25, 0.3) is 11.3 Å². The summed E-state index contributed by atoms with van der Waals surface area (Å²) in [5.41, 5.74) is 1.88. The minimum atomic E-state index is -1.25. The van der Waals surface area contributed by atoms with Crippen molar-refractivity contribution < 1.29 is 34.1 Å². The molecule has 0 aliphatic heterocycles. The average molecular weight is 411 g/mol. The summed E-state index contributed by atoms with van der Waals surface area (Å²) in [5, 5.41) is 31.8. The number of carboxylic acids is 1. The Morgan fingerprint density at radius 1 is 0.967 bits per heavy atom. The highest BCUT2D eigenvalue weighted by Gasteiger charge is 2.20. The molecule has 0 saturated heterocycles. The molecule has 3 aromatic rings. The van der Waals surface area contributed by atoms with Crippen LogP contribution >= 0.6 is 0 Å². The number of aromatic carboxylic acids is 1. The Hall–Kier alpha value is -3.62. The van der Waals surface area contributed by atoms with E-state index in [1.165, 1.54) is 12.1 Å². The van der Waals surface area contributed by atoms with Crippen molar-refractivity contribution in [2.75, 3.05) is 6.54 Å². The topological polar surface area (TPSA) is 129 Å². The van der Waals surface area contributed by atoms with Gasteiger partial charge in [0.15, 0.2) is 0 Å². The summed E-state index contributed by atoms with van der Waals surface area (Å²) in [6.45, 7) is -0.0974. The quantitative estimate of drug-likeness (QED) is 0.448. The number of alkyl carbamates (subject to hydrolysis) is 1. The Morgan fingerprint density at radius 2 is 1.67 bits per heavy atom. The van der Waals surface area contributed by atoms with Crippen molar-refractivity contribution in [1.29, 1.82) is 0 Å². The Labute approximate surface area is 172 Å². The van der Waals surface area contributed by atoms with Gasteiger partial charge in [0.1, 0.15) is 24.6 Å². The number of carbonyl (C=O) groups excluding carboxylic acids is 1. The minimum Gasteiger partial charge on any atom is -0.475 e. The van der Waals surface area contributed by atoms with E-state index >= 15 is 0 Å². The van der Waals surface area contributed by atoms with Crippen molar-refractivity contribution >= 4 is 12.1 Å². The SMILES string of the molecule is O=C(NCC(O)C(O)c1ccc(-c2ccc(C(=O)O)o2)cc1)OCc1ccccc1. The van der Waals surface area contributed by atoms with Crippen molar-refractivity contribution in [3.05, 3.63) is 83.6 Å². The number of furan rings is 1. The molecule has 2 atom stereocenters. The molecule has 8 heteroatoms. The van der Waals surface area contributed by atoms with Crippen LogP contribution in [0.4, 0.5) is 4.79 Å². The summed E-state index contributed by atoms with van der Waals surface area (Å²) < 4.78 is 10.3. The number of aliphatic hydroxyl groups excluding tert-OH is 2. The monoisotopic (exact) mass is 411 g/mol. The van der Waals surface area contributed by atoms with Gasteiger partial charge in [0.2, 0.25) is 5.76 Å². The zero-order valence-electron chi connectivity index (χ0n) is 15.9. The van der Waals surface area contributed by atoms with Crippen LogP contribution in [0.2, 0.25) is 0 Å². The molecule has 3 rings (SSSR count). The maximum absolute atomic E-state index is 11.8. The second kappa shape index (κ2) is 9.73. The first-order valence-electron chi connectivity index (χ1n) is 9.18. The number of rotatable bonds is 8. The molecule has 0 fully saturated rings. The molecule has 0 aliphatic rings. The van der Waals surface area contributed by atoms with Gasteiger partial charge in [-0.25, -0.2) is 9.59 Å². The Bertz CT molecular complexity index is 982. The highest BCUT2D eigenvalue weighted by atomic mass is 16.5. The van der Waals surface area contributed by atoms with Crippen LogP contribution in [0.5, 0.6) is 0 Å². The number of hydrogen-bond acceptors (Lipinski definition) is 6. The molecule has 0 aliphatic carbocycles. The lowest BCUT2D eigenvalue weighted by molar-refractivity contribution is 0.0184. The summed E-state index contributed by atoms with van der Waals surface area (Å²) in [6.07, 6.45) is -3.19. The van der Waals surface area contributed by atoms with Gasteiger partial charge in [-0.2, -0.15) is 0 Å². The van der Waals surface area contributed by atoms with Crippen molar-refractivity contribution in [2.45, 2.75) is 18.8 Å². The van der Waals surface area contributed by atoms with Gasteiger partial charge in [-0.15, -0.1) is 0 Å². The lowest BCUT2D eigenvalue weighted by atomic mass is 10.0. The first-order chi connectivity index (χ1) is 14.4. The van der Waals surface area contributed by atoms with Gasteiger partial charge in [-0.1, -0.05) is 54.6 Å². The average Bonchev–Trinajstić information content (AvgIpc) is 3.27. The summed E-state index contributed by atoms with van der Waals surface area (Å²) in [5.74, 6) is -0.960. The predicted molar refractivity (Wildman–Crippen MR) is 107 cm³/mol. The number of benzene rings is 2. The molecule has 156 valence electrons. The lowest BCUT2D eigenvalue weighted by Crippen LogP contribution is -2.35. The van der Waals surface area contributed by atoms with E-state index < -0.39 is 24.3 Å². The molecule has 0 bridgehead atoms. The smallest absolute Gasteiger partial charge is 0.407 e. The van der Waals surface area contributed by atoms with Crippen LogP contribution in [0.15, 0.2) is 71.1 Å². The van der Waals surface area contributed by atoms with Crippen molar-refractivity contribution in [3.8, 4) is 11.3 Å². The van der Waals surface area contributed by atoms with Crippen LogP contribution in [0, 0.1) is 0 Å². The molecule has 8 nitrogen and oxygen atoms in total. The van der Waals surface area contributed by atoms with Crippen LogP contribution < -0.4 is 5.32 Å². The molecule has 1 heterocycles. The molecule has 0 saturated carbocycles. The third kappa shape index (κ3) is 5.47. The predicted octanol–water partition coefficient (Wildman–Crippen LogP) is 2.97. The molecule has 1 aromatic heterocycles. The van der Waals surface area contributed by atoms with Gasteiger partial charge in [-0.05, 0) is 23.3 Å². The number of carboxylic acid groups (broad SMARTS) is 1. The molecular weight excluding hydrogens is 390 g/mol. The number of amides is 1. The molecule has 4 N–H and O–H groups in total. The second-order valence-corrected chi connectivity index (χ2v) is 6.55. The third-order valence-electron chi connectivity index (χ3n) is 4.39. The molecular formula is C22H21NO7. The van der Waals surface area contributed by atoms with Gasteiger partial charge >= 0.3 is 12.1 Å². The normalized spacial score (nSPS) is 12.7. The summed E-state index contributed by atoms with van der Waals surface area (Å²) in [6, 6.07) is 18.5. The maximum atomic E-state index is 11.8. The summed E-state index contributed by atoms with van der Waals surface area (Å²) >= 11 is 0. The lowest BCUT2D eigenvalue weighted by Gasteiger charge is -2.19. The minimum absolute atomic E-state index is 0.100. The molecule has 2 unspecified atom stereocenters. The Kier molecular flexibility index (Phi) is 6.84. The first kappa shape index (κ1) is 21.1. The van der Waals surface area contributed by atoms with Gasteiger partial charge in [0, 0.05) is 12.1 Å². The third-order valence-corrected chi connectivity index (χ3v) is 4.39. The summed E-state index contributed by atoms with van der Waals surface area (Å²) in [7, 11) is 0. The number of aliphatic hydroxyl groups is 2. The molecule has 0 radical (unpaired) electrons. The van der Waals surface area contributed by atoms with E-state index in [0.717, 1.165) is 5.56 Å². The summed E-state index contributed by atoms with van der Waals surface area (Å²) in [4.78, 5) is 22.6. The van der Waals surface area contributed by atoms with Gasteiger partial charge < -0.3 is 29.8 Å². The van der Waals surface area contributed by atoms with Gasteiger partial charge in [0.05, 0.1) is 0 Å². The fourth-order valence-corrected chi connectivity index (χ4v) is 2.75. The highest BCUT2D eigenvalue weighted by molar-refractivity contribution is 5.85. The van der Waals surface area contributed by atoms with E-state index in [2.05, 4.69) is 5.32 Å². The number of ether oxygens (including phenoxy) is 1. The van der Waals surface area contributed by atoms with E-state index in [4.69, 9.17) is 14.3 Å².